The summed E-state index contributed by atoms with van der Waals surface area (Å²) in [4.78, 5) is 33.0. The Kier molecular flexibility index (Phi) is 7.11. The summed E-state index contributed by atoms with van der Waals surface area (Å²) in [6.45, 7) is 8.03. The van der Waals surface area contributed by atoms with Crippen LogP contribution >= 0.6 is 0 Å². The van der Waals surface area contributed by atoms with Gasteiger partial charge in [-0.05, 0) is 73.4 Å². The second kappa shape index (κ2) is 10.4. The minimum absolute atomic E-state index is 0.0499. The largest absolute Gasteiger partial charge is 0.491 e. The van der Waals surface area contributed by atoms with Crippen LogP contribution in [0.5, 0.6) is 5.75 Å². The summed E-state index contributed by atoms with van der Waals surface area (Å²) in [7, 11) is 0. The number of hydrogen-bond acceptors (Lipinski definition) is 4. The van der Waals surface area contributed by atoms with Crippen molar-refractivity contribution in [3.05, 3.63) is 95.3 Å². The van der Waals surface area contributed by atoms with Gasteiger partial charge in [0.05, 0.1) is 17.1 Å². The Morgan fingerprint density at radius 2 is 1.77 bits per heavy atom. The predicted octanol–water partition coefficient (Wildman–Crippen LogP) is 6.62. The van der Waals surface area contributed by atoms with Crippen molar-refractivity contribution in [1.82, 2.24) is 9.97 Å². The van der Waals surface area contributed by atoms with Crippen LogP contribution in [-0.4, -0.2) is 27.8 Å². The first kappa shape index (κ1) is 24.0. The zero-order valence-electron chi connectivity index (χ0n) is 20.3. The number of imidazole rings is 1. The van der Waals surface area contributed by atoms with E-state index in [1.54, 1.807) is 12.1 Å². The van der Waals surface area contributed by atoms with E-state index in [-0.39, 0.29) is 23.7 Å². The Balaban J connectivity index is 1.52. The number of nitrogens with zero attached hydrogens (tertiary/aromatic N) is 1. The number of hydrogen-bond donors (Lipinski definition) is 2. The molecule has 4 aromatic rings. The lowest BCUT2D eigenvalue weighted by Gasteiger charge is -2.14. The van der Waals surface area contributed by atoms with E-state index in [2.05, 4.69) is 29.1 Å². The molecule has 0 aliphatic rings. The molecule has 0 spiro atoms. The molecule has 0 saturated carbocycles. The molecule has 1 aromatic heterocycles. The summed E-state index contributed by atoms with van der Waals surface area (Å²) in [5.74, 6) is 0.749. The first-order valence-electron chi connectivity index (χ1n) is 11.7. The zero-order chi connectivity index (χ0) is 24.9. The SMILES string of the molecule is CC(C)Oc1cccc(NC(=O)c2ccc(C=CC(=O)c3nc4ccccc4[nH]3)c(C(C)C)c2)c1. The highest BCUT2D eigenvalue weighted by atomic mass is 16.5. The number of carbonyl (C=O) groups is 2. The third-order valence-electron chi connectivity index (χ3n) is 5.47. The third-order valence-corrected chi connectivity index (χ3v) is 5.47. The number of fused-ring (bicyclic) bond motifs is 1. The van der Waals surface area contributed by atoms with Crippen molar-refractivity contribution in [1.29, 1.82) is 0 Å². The molecule has 6 nitrogen and oxygen atoms in total. The fraction of sp³-hybridized carbons (Fsp3) is 0.207. The lowest BCUT2D eigenvalue weighted by Crippen LogP contribution is -2.13. The fourth-order valence-electron chi connectivity index (χ4n) is 3.80. The Hall–Kier alpha value is -4.19. The molecule has 0 aliphatic carbocycles. The van der Waals surface area contributed by atoms with Gasteiger partial charge in [0, 0.05) is 17.3 Å². The molecule has 6 heteroatoms. The van der Waals surface area contributed by atoms with Gasteiger partial charge in [-0.1, -0.05) is 44.2 Å². The maximum atomic E-state index is 12.9. The van der Waals surface area contributed by atoms with Crippen molar-refractivity contribution in [2.24, 2.45) is 0 Å². The van der Waals surface area contributed by atoms with Crippen LogP contribution in [0.25, 0.3) is 17.1 Å². The van der Waals surface area contributed by atoms with E-state index >= 15 is 0 Å². The Morgan fingerprint density at radius 1 is 0.971 bits per heavy atom. The molecule has 2 N–H and O–H groups in total. The summed E-state index contributed by atoms with van der Waals surface area (Å²) in [5, 5.41) is 2.94. The quantitative estimate of drug-likeness (QED) is 0.225. The van der Waals surface area contributed by atoms with Crippen molar-refractivity contribution in [3.63, 3.8) is 0 Å². The normalized spacial score (nSPS) is 11.5. The number of anilines is 1. The molecule has 0 fully saturated rings. The van der Waals surface area contributed by atoms with Crippen molar-refractivity contribution < 1.29 is 14.3 Å². The van der Waals surface area contributed by atoms with Crippen LogP contribution in [0.1, 0.15) is 65.7 Å². The third kappa shape index (κ3) is 5.84. The molecule has 0 bridgehead atoms. The highest BCUT2D eigenvalue weighted by Crippen LogP contribution is 2.24. The number of H-pyrrole nitrogens is 1. The molecule has 178 valence electrons. The summed E-state index contributed by atoms with van der Waals surface area (Å²) < 4.78 is 5.71. The van der Waals surface area contributed by atoms with Gasteiger partial charge in [0.1, 0.15) is 5.75 Å². The van der Waals surface area contributed by atoms with Gasteiger partial charge >= 0.3 is 0 Å². The van der Waals surface area contributed by atoms with Crippen molar-refractivity contribution in [2.45, 2.75) is 39.7 Å². The minimum Gasteiger partial charge on any atom is -0.491 e. The topological polar surface area (TPSA) is 84.1 Å². The van der Waals surface area contributed by atoms with Crippen molar-refractivity contribution in [2.75, 3.05) is 5.32 Å². The summed E-state index contributed by atoms with van der Waals surface area (Å²) in [6.07, 6.45) is 3.34. The average Bonchev–Trinajstić information content (AvgIpc) is 3.26. The number of ketones is 1. The van der Waals surface area contributed by atoms with Gasteiger partial charge in [-0.2, -0.15) is 0 Å². The molecule has 0 saturated heterocycles. The van der Waals surface area contributed by atoms with Crippen molar-refractivity contribution in [3.8, 4) is 5.75 Å². The van der Waals surface area contributed by atoms with Gasteiger partial charge in [-0.15, -0.1) is 0 Å². The van der Waals surface area contributed by atoms with Crippen LogP contribution < -0.4 is 10.1 Å². The lowest BCUT2D eigenvalue weighted by atomic mass is 9.94. The van der Waals surface area contributed by atoms with E-state index in [4.69, 9.17) is 4.74 Å². The molecule has 0 aliphatic heterocycles. The second-order valence-electron chi connectivity index (χ2n) is 8.95. The van der Waals surface area contributed by atoms with Gasteiger partial charge in [-0.3, -0.25) is 9.59 Å². The lowest BCUT2D eigenvalue weighted by molar-refractivity contribution is 0.102. The fourth-order valence-corrected chi connectivity index (χ4v) is 3.80. The number of allylic oxidation sites excluding steroid dienone is 1. The van der Waals surface area contributed by atoms with Crippen molar-refractivity contribution >= 4 is 34.5 Å². The molecule has 0 radical (unpaired) electrons. The maximum Gasteiger partial charge on any atom is 0.255 e. The highest BCUT2D eigenvalue weighted by molar-refractivity contribution is 6.06. The maximum absolute atomic E-state index is 12.9. The molecule has 3 aromatic carbocycles. The monoisotopic (exact) mass is 467 g/mol. The number of carbonyl (C=O) groups excluding carboxylic acids is 2. The number of benzene rings is 3. The van der Waals surface area contributed by atoms with Crippen LogP contribution in [0, 0.1) is 0 Å². The number of nitrogens with one attached hydrogen (secondary N) is 2. The van der Waals surface area contributed by atoms with Gasteiger partial charge in [0.15, 0.2) is 5.82 Å². The van der Waals surface area contributed by atoms with Crippen LogP contribution in [0.3, 0.4) is 0 Å². The molecule has 0 atom stereocenters. The van der Waals surface area contributed by atoms with Crippen LogP contribution in [0.15, 0.2) is 72.8 Å². The number of ether oxygens (including phenoxy) is 1. The number of rotatable bonds is 8. The first-order valence-corrected chi connectivity index (χ1v) is 11.7. The van der Waals surface area contributed by atoms with Crippen LogP contribution in [-0.2, 0) is 0 Å². The van der Waals surface area contributed by atoms with E-state index in [9.17, 15) is 9.59 Å². The molecular weight excluding hydrogens is 438 g/mol. The zero-order valence-corrected chi connectivity index (χ0v) is 20.3. The molecule has 0 unspecified atom stereocenters. The standard InChI is InChI=1S/C29H29N3O3/c1-18(2)24-16-21(29(34)30-22-8-7-9-23(17-22)35-19(3)4)13-12-20(24)14-15-27(33)28-31-25-10-5-6-11-26(25)32-28/h5-19H,1-4H3,(H,30,34)(H,31,32). The molecular formula is C29H29N3O3. The summed E-state index contributed by atoms with van der Waals surface area (Å²) in [5.41, 5.74) is 4.65. The summed E-state index contributed by atoms with van der Waals surface area (Å²) >= 11 is 0. The first-order chi connectivity index (χ1) is 16.8. The van der Waals surface area contributed by atoms with Gasteiger partial charge in [-0.25, -0.2) is 4.98 Å². The second-order valence-corrected chi connectivity index (χ2v) is 8.95. The van der Waals surface area contributed by atoms with Crippen LogP contribution in [0.2, 0.25) is 0 Å². The van der Waals surface area contributed by atoms with Gasteiger partial charge in [0.25, 0.3) is 5.91 Å². The Labute approximate surface area is 205 Å². The predicted molar refractivity (Wildman–Crippen MR) is 140 cm³/mol. The van der Waals surface area contributed by atoms with Gasteiger partial charge in [0.2, 0.25) is 5.78 Å². The van der Waals surface area contributed by atoms with E-state index in [1.807, 2.05) is 74.5 Å². The number of aromatic nitrogens is 2. The van der Waals surface area contributed by atoms with Crippen LogP contribution in [0.4, 0.5) is 5.69 Å². The number of aromatic amines is 1. The van der Waals surface area contributed by atoms with E-state index in [1.165, 1.54) is 6.08 Å². The number of para-hydroxylation sites is 2. The Bertz CT molecular complexity index is 1370. The highest BCUT2D eigenvalue weighted by Gasteiger charge is 2.13. The molecule has 4 rings (SSSR count). The van der Waals surface area contributed by atoms with Gasteiger partial charge < -0.3 is 15.0 Å². The van der Waals surface area contributed by atoms with E-state index in [0.29, 0.717) is 22.8 Å². The smallest absolute Gasteiger partial charge is 0.255 e. The molecule has 1 amide bonds. The average molecular weight is 468 g/mol. The Morgan fingerprint density at radius 3 is 2.51 bits per heavy atom. The van der Waals surface area contributed by atoms with E-state index in [0.717, 1.165) is 22.2 Å². The molecule has 35 heavy (non-hydrogen) atoms. The molecule has 1 heterocycles. The van der Waals surface area contributed by atoms with E-state index < -0.39 is 0 Å². The minimum atomic E-state index is -0.207. The summed E-state index contributed by atoms with van der Waals surface area (Å²) in [6, 6.07) is 20.4. The number of amides is 1.